The first kappa shape index (κ1) is 15.9. The summed E-state index contributed by atoms with van der Waals surface area (Å²) in [6.07, 6.45) is 4.28. The quantitative estimate of drug-likeness (QED) is 0.930. The molecule has 1 atom stereocenters. The average molecular weight is 331 g/mol. The van der Waals surface area contributed by atoms with Gasteiger partial charge in [0, 0.05) is 35.8 Å². The van der Waals surface area contributed by atoms with E-state index in [4.69, 9.17) is 0 Å². The zero-order chi connectivity index (χ0) is 16.4. The number of carbonyl (C=O) groups is 1. The lowest BCUT2D eigenvalue weighted by molar-refractivity contribution is -0.131. The summed E-state index contributed by atoms with van der Waals surface area (Å²) in [4.78, 5) is 28.7. The fourth-order valence-electron chi connectivity index (χ4n) is 2.86. The summed E-state index contributed by atoms with van der Waals surface area (Å²) >= 11 is 1.59. The van der Waals surface area contributed by atoms with Crippen molar-refractivity contribution in [3.63, 3.8) is 0 Å². The molecule has 122 valence electrons. The van der Waals surface area contributed by atoms with Gasteiger partial charge in [-0.1, -0.05) is 6.92 Å². The van der Waals surface area contributed by atoms with Crippen LogP contribution in [0.1, 0.15) is 48.6 Å². The Labute approximate surface area is 140 Å². The SMILES string of the molecule is CCC(=O)N1CCCC1c1nc(C)cc(Nc2ncc(C)s2)n1. The van der Waals surface area contributed by atoms with Crippen molar-refractivity contribution in [2.75, 3.05) is 11.9 Å². The molecule has 2 aromatic heterocycles. The molecule has 1 amide bonds. The lowest BCUT2D eigenvalue weighted by Gasteiger charge is -2.23. The Morgan fingerprint density at radius 1 is 1.43 bits per heavy atom. The highest BCUT2D eigenvalue weighted by Crippen LogP contribution is 2.31. The van der Waals surface area contributed by atoms with Crippen molar-refractivity contribution in [2.45, 2.75) is 46.1 Å². The number of aryl methyl sites for hydroxylation is 2. The Morgan fingerprint density at radius 3 is 2.96 bits per heavy atom. The van der Waals surface area contributed by atoms with E-state index in [0.717, 1.165) is 46.7 Å². The summed E-state index contributed by atoms with van der Waals surface area (Å²) in [6.45, 7) is 6.66. The number of carbonyl (C=O) groups excluding carboxylic acids is 1. The van der Waals surface area contributed by atoms with Gasteiger partial charge in [-0.25, -0.2) is 15.0 Å². The molecule has 3 heterocycles. The van der Waals surface area contributed by atoms with Crippen molar-refractivity contribution in [3.8, 4) is 0 Å². The molecule has 0 bridgehead atoms. The Kier molecular flexibility index (Phi) is 4.56. The minimum absolute atomic E-state index is 0.0130. The van der Waals surface area contributed by atoms with Crippen LogP contribution in [0.15, 0.2) is 12.3 Å². The van der Waals surface area contributed by atoms with E-state index in [1.54, 1.807) is 11.3 Å². The van der Waals surface area contributed by atoms with Gasteiger partial charge in [0.15, 0.2) is 11.0 Å². The summed E-state index contributed by atoms with van der Waals surface area (Å²) in [5, 5.41) is 4.06. The highest BCUT2D eigenvalue weighted by atomic mass is 32.1. The highest BCUT2D eigenvalue weighted by Gasteiger charge is 2.31. The van der Waals surface area contributed by atoms with E-state index in [-0.39, 0.29) is 11.9 Å². The van der Waals surface area contributed by atoms with Crippen LogP contribution in [-0.4, -0.2) is 32.3 Å². The van der Waals surface area contributed by atoms with Gasteiger partial charge in [0.25, 0.3) is 0 Å². The number of nitrogens with zero attached hydrogens (tertiary/aromatic N) is 4. The molecule has 2 aromatic rings. The number of thiazole rings is 1. The van der Waals surface area contributed by atoms with E-state index in [0.29, 0.717) is 6.42 Å². The predicted octanol–water partition coefficient (Wildman–Crippen LogP) is 3.37. The molecule has 1 aliphatic rings. The predicted molar refractivity (Wildman–Crippen MR) is 90.9 cm³/mol. The van der Waals surface area contributed by atoms with Crippen LogP contribution < -0.4 is 5.32 Å². The topological polar surface area (TPSA) is 71.0 Å². The van der Waals surface area contributed by atoms with Crippen LogP contribution in [0, 0.1) is 13.8 Å². The number of aromatic nitrogens is 3. The van der Waals surface area contributed by atoms with Gasteiger partial charge in [-0.2, -0.15) is 0 Å². The first-order valence-electron chi connectivity index (χ1n) is 7.91. The number of likely N-dealkylation sites (tertiary alicyclic amines) is 1. The second-order valence-corrected chi connectivity index (χ2v) is 6.99. The summed E-state index contributed by atoms with van der Waals surface area (Å²) in [5.41, 5.74) is 0.890. The largest absolute Gasteiger partial charge is 0.332 e. The summed E-state index contributed by atoms with van der Waals surface area (Å²) in [6, 6.07) is 1.89. The Morgan fingerprint density at radius 2 is 2.26 bits per heavy atom. The average Bonchev–Trinajstić information content (AvgIpc) is 3.15. The number of hydrogen-bond acceptors (Lipinski definition) is 6. The van der Waals surface area contributed by atoms with Crippen LogP contribution in [-0.2, 0) is 4.79 Å². The highest BCUT2D eigenvalue weighted by molar-refractivity contribution is 7.15. The van der Waals surface area contributed by atoms with Crippen LogP contribution in [0.5, 0.6) is 0 Å². The zero-order valence-corrected chi connectivity index (χ0v) is 14.5. The van der Waals surface area contributed by atoms with Gasteiger partial charge >= 0.3 is 0 Å². The number of nitrogens with one attached hydrogen (secondary N) is 1. The van der Waals surface area contributed by atoms with Crippen molar-refractivity contribution in [1.29, 1.82) is 0 Å². The molecule has 1 saturated heterocycles. The summed E-state index contributed by atoms with van der Waals surface area (Å²) in [5.74, 6) is 1.63. The first-order valence-corrected chi connectivity index (χ1v) is 8.73. The van der Waals surface area contributed by atoms with Crippen LogP contribution in [0.2, 0.25) is 0 Å². The normalized spacial score (nSPS) is 17.5. The molecule has 0 saturated carbocycles. The maximum atomic E-state index is 12.1. The fourth-order valence-corrected chi connectivity index (χ4v) is 3.53. The third-order valence-corrected chi connectivity index (χ3v) is 4.73. The number of anilines is 2. The second kappa shape index (κ2) is 6.62. The number of hydrogen-bond donors (Lipinski definition) is 1. The van der Waals surface area contributed by atoms with Crippen LogP contribution in [0.4, 0.5) is 10.9 Å². The Balaban J connectivity index is 1.86. The van der Waals surface area contributed by atoms with Gasteiger partial charge in [0.05, 0.1) is 6.04 Å². The monoisotopic (exact) mass is 331 g/mol. The third-order valence-electron chi connectivity index (χ3n) is 3.90. The summed E-state index contributed by atoms with van der Waals surface area (Å²) < 4.78 is 0. The second-order valence-electron chi connectivity index (χ2n) is 5.75. The van der Waals surface area contributed by atoms with E-state index < -0.39 is 0 Å². The molecule has 23 heavy (non-hydrogen) atoms. The minimum Gasteiger partial charge on any atom is -0.332 e. The van der Waals surface area contributed by atoms with Crippen LogP contribution >= 0.6 is 11.3 Å². The maximum Gasteiger partial charge on any atom is 0.222 e. The van der Waals surface area contributed by atoms with E-state index in [1.807, 2.05) is 37.9 Å². The van der Waals surface area contributed by atoms with Crippen LogP contribution in [0.3, 0.4) is 0 Å². The lowest BCUT2D eigenvalue weighted by atomic mass is 10.2. The smallest absolute Gasteiger partial charge is 0.222 e. The molecule has 3 rings (SSSR count). The Bertz CT molecular complexity index is 714. The molecule has 0 aromatic carbocycles. The van der Waals surface area contributed by atoms with Crippen molar-refractivity contribution >= 4 is 28.2 Å². The minimum atomic E-state index is -0.0130. The van der Waals surface area contributed by atoms with Crippen molar-refractivity contribution < 1.29 is 4.79 Å². The molecule has 7 heteroatoms. The number of rotatable bonds is 4. The molecule has 0 aliphatic carbocycles. The standard InChI is InChI=1S/C16H21N5OS/c1-4-14(22)21-7-5-6-12(21)15-18-10(2)8-13(19-15)20-16-17-9-11(3)23-16/h8-9,12H,4-7H2,1-3H3,(H,17,18,19,20). The molecule has 1 unspecified atom stereocenters. The van der Waals surface area contributed by atoms with Crippen molar-refractivity contribution in [1.82, 2.24) is 19.9 Å². The van der Waals surface area contributed by atoms with Gasteiger partial charge < -0.3 is 10.2 Å². The van der Waals surface area contributed by atoms with Crippen molar-refractivity contribution in [2.24, 2.45) is 0 Å². The van der Waals surface area contributed by atoms with Gasteiger partial charge in [0.2, 0.25) is 5.91 Å². The molecular weight excluding hydrogens is 310 g/mol. The van der Waals surface area contributed by atoms with Gasteiger partial charge in [-0.05, 0) is 26.7 Å². The zero-order valence-electron chi connectivity index (χ0n) is 13.7. The van der Waals surface area contributed by atoms with E-state index in [2.05, 4.69) is 20.3 Å². The fraction of sp³-hybridized carbons (Fsp3) is 0.500. The molecule has 0 radical (unpaired) electrons. The van der Waals surface area contributed by atoms with Gasteiger partial charge in [-0.3, -0.25) is 4.79 Å². The molecule has 1 N–H and O–H groups in total. The molecular formula is C16H21N5OS. The maximum absolute atomic E-state index is 12.1. The van der Waals surface area contributed by atoms with Gasteiger partial charge in [-0.15, -0.1) is 11.3 Å². The van der Waals surface area contributed by atoms with E-state index in [9.17, 15) is 4.79 Å². The molecule has 0 spiro atoms. The third kappa shape index (κ3) is 3.50. The molecule has 1 fully saturated rings. The lowest BCUT2D eigenvalue weighted by Crippen LogP contribution is -2.31. The summed E-state index contributed by atoms with van der Waals surface area (Å²) in [7, 11) is 0. The molecule has 1 aliphatic heterocycles. The van der Waals surface area contributed by atoms with E-state index >= 15 is 0 Å². The molecule has 6 nitrogen and oxygen atoms in total. The van der Waals surface area contributed by atoms with Crippen LogP contribution in [0.25, 0.3) is 0 Å². The van der Waals surface area contributed by atoms with E-state index in [1.165, 1.54) is 0 Å². The first-order chi connectivity index (χ1) is 11.1. The number of amides is 1. The van der Waals surface area contributed by atoms with Gasteiger partial charge in [0.1, 0.15) is 5.82 Å². The Hall–Kier alpha value is -2.02. The van der Waals surface area contributed by atoms with Crippen molar-refractivity contribution in [3.05, 3.63) is 28.7 Å².